The minimum atomic E-state index is 0. The number of halogens is 3. The number of carbonyl (C=O) groups is 1. The summed E-state index contributed by atoms with van der Waals surface area (Å²) in [5, 5.41) is 1.54. The number of hydrogen-bond acceptors (Lipinski definition) is 4. The molecule has 8 heteroatoms. The summed E-state index contributed by atoms with van der Waals surface area (Å²) in [5.74, 6) is 0.0670. The number of thiazole rings is 1. The maximum absolute atomic E-state index is 12.8. The number of likely N-dealkylation sites (tertiary alicyclic amines) is 1. The van der Waals surface area contributed by atoms with Crippen molar-refractivity contribution in [1.82, 2.24) is 9.88 Å². The Morgan fingerprint density at radius 2 is 2.00 bits per heavy atom. The minimum absolute atomic E-state index is 0. The number of aromatic nitrogens is 1. The smallest absolute Gasteiger partial charge is 0.265 e. The molecule has 0 bridgehead atoms. The molecule has 2 aromatic rings. The second kappa shape index (κ2) is 8.69. The molecule has 25 heavy (non-hydrogen) atoms. The summed E-state index contributed by atoms with van der Waals surface area (Å²) in [6.07, 6.45) is 0.955. The van der Waals surface area contributed by atoms with Crippen molar-refractivity contribution in [2.75, 3.05) is 19.6 Å². The van der Waals surface area contributed by atoms with Crippen molar-refractivity contribution < 1.29 is 4.79 Å². The maximum Gasteiger partial charge on any atom is 0.265 e. The highest BCUT2D eigenvalue weighted by Crippen LogP contribution is 2.33. The molecule has 1 amide bonds. The zero-order valence-corrected chi connectivity index (χ0v) is 17.3. The molecule has 1 aromatic carbocycles. The van der Waals surface area contributed by atoms with E-state index in [0.29, 0.717) is 11.6 Å². The molecule has 0 saturated carbocycles. The fraction of sp³-hybridized carbons (Fsp3) is 0.412. The summed E-state index contributed by atoms with van der Waals surface area (Å²) in [7, 11) is 0. The molecule has 3 rings (SSSR count). The van der Waals surface area contributed by atoms with E-state index in [0.717, 1.165) is 40.7 Å². The quantitative estimate of drug-likeness (QED) is 0.796. The van der Waals surface area contributed by atoms with Crippen molar-refractivity contribution in [2.45, 2.75) is 20.3 Å². The molecule has 1 atom stereocenters. The fourth-order valence-electron chi connectivity index (χ4n) is 2.82. The van der Waals surface area contributed by atoms with Crippen LogP contribution in [0.25, 0.3) is 10.6 Å². The predicted molar refractivity (Wildman–Crippen MR) is 109 cm³/mol. The number of hydrogen-bond donors (Lipinski definition) is 1. The van der Waals surface area contributed by atoms with Gasteiger partial charge in [0.15, 0.2) is 0 Å². The third kappa shape index (κ3) is 4.66. The Morgan fingerprint density at radius 3 is 2.56 bits per heavy atom. The number of benzene rings is 1. The van der Waals surface area contributed by atoms with E-state index in [-0.39, 0.29) is 36.1 Å². The molecule has 2 N–H and O–H groups in total. The summed E-state index contributed by atoms with van der Waals surface area (Å²) in [5.41, 5.74) is 7.63. The standard InChI is InChI=1S/C17H20ClN3OS.2ClH/c1-11-14(16(22)21-8-7-17(2,9-19)10-21)23-15(20-11)12-3-5-13(18)6-4-12;;/h3-6H,7-10,19H2,1-2H3;2*1H. The van der Waals surface area contributed by atoms with Crippen LogP contribution in [0.5, 0.6) is 0 Å². The average Bonchev–Trinajstić information content (AvgIpc) is 3.12. The van der Waals surface area contributed by atoms with Gasteiger partial charge < -0.3 is 10.6 Å². The highest BCUT2D eigenvalue weighted by atomic mass is 35.5. The van der Waals surface area contributed by atoms with E-state index in [1.54, 1.807) is 0 Å². The van der Waals surface area contributed by atoms with Crippen molar-refractivity contribution in [2.24, 2.45) is 11.1 Å². The maximum atomic E-state index is 12.8. The normalized spacial score (nSPS) is 19.3. The third-order valence-electron chi connectivity index (χ3n) is 4.42. The van der Waals surface area contributed by atoms with Gasteiger partial charge in [-0.1, -0.05) is 30.7 Å². The van der Waals surface area contributed by atoms with Gasteiger partial charge >= 0.3 is 0 Å². The van der Waals surface area contributed by atoms with E-state index in [9.17, 15) is 4.79 Å². The van der Waals surface area contributed by atoms with E-state index in [2.05, 4.69) is 11.9 Å². The lowest BCUT2D eigenvalue weighted by Crippen LogP contribution is -2.34. The highest BCUT2D eigenvalue weighted by Gasteiger charge is 2.36. The Morgan fingerprint density at radius 1 is 1.36 bits per heavy atom. The molecule has 1 fully saturated rings. The van der Waals surface area contributed by atoms with E-state index in [4.69, 9.17) is 17.3 Å². The first-order valence-corrected chi connectivity index (χ1v) is 8.84. The largest absolute Gasteiger partial charge is 0.337 e. The van der Waals surface area contributed by atoms with Gasteiger partial charge in [-0.15, -0.1) is 36.2 Å². The number of amides is 1. The average molecular weight is 423 g/mol. The highest BCUT2D eigenvalue weighted by molar-refractivity contribution is 7.17. The number of carbonyl (C=O) groups excluding carboxylic acids is 1. The Kier molecular flexibility index (Phi) is 7.71. The zero-order valence-electron chi connectivity index (χ0n) is 14.1. The van der Waals surface area contributed by atoms with Crippen LogP contribution in [0.4, 0.5) is 0 Å². The lowest BCUT2D eigenvalue weighted by atomic mass is 9.90. The van der Waals surface area contributed by atoms with Crippen LogP contribution in [-0.4, -0.2) is 35.4 Å². The SMILES string of the molecule is Cc1nc(-c2ccc(Cl)cc2)sc1C(=O)N1CCC(C)(CN)C1.Cl.Cl. The molecular formula is C17H22Cl3N3OS. The topological polar surface area (TPSA) is 59.2 Å². The van der Waals surface area contributed by atoms with E-state index in [1.165, 1.54) is 11.3 Å². The molecule has 1 aromatic heterocycles. The Balaban J connectivity index is 0.00000156. The van der Waals surface area contributed by atoms with Gasteiger partial charge in [0.2, 0.25) is 0 Å². The van der Waals surface area contributed by atoms with Crippen molar-refractivity contribution in [3.63, 3.8) is 0 Å². The first-order valence-electron chi connectivity index (χ1n) is 7.64. The molecule has 0 aliphatic carbocycles. The summed E-state index contributed by atoms with van der Waals surface area (Å²) in [6, 6.07) is 7.52. The molecule has 1 unspecified atom stereocenters. The van der Waals surface area contributed by atoms with Crippen molar-refractivity contribution in [3.8, 4) is 10.6 Å². The lowest BCUT2D eigenvalue weighted by molar-refractivity contribution is 0.0780. The van der Waals surface area contributed by atoms with Gasteiger partial charge in [0.05, 0.1) is 5.69 Å². The van der Waals surface area contributed by atoms with Gasteiger partial charge in [-0.05, 0) is 37.4 Å². The number of rotatable bonds is 3. The van der Waals surface area contributed by atoms with Gasteiger partial charge in [-0.25, -0.2) is 4.98 Å². The molecule has 2 heterocycles. The van der Waals surface area contributed by atoms with E-state index in [1.807, 2.05) is 36.1 Å². The van der Waals surface area contributed by atoms with Crippen LogP contribution in [-0.2, 0) is 0 Å². The Hall–Kier alpha value is -0.850. The molecule has 0 radical (unpaired) electrons. The number of nitrogens with two attached hydrogens (primary N) is 1. The molecule has 4 nitrogen and oxygen atoms in total. The van der Waals surface area contributed by atoms with Crippen molar-refractivity contribution in [3.05, 3.63) is 39.9 Å². The molecular weight excluding hydrogens is 401 g/mol. The van der Waals surface area contributed by atoms with Gasteiger partial charge in [0.25, 0.3) is 5.91 Å². The molecule has 1 aliphatic rings. The number of aryl methyl sites for hydroxylation is 1. The zero-order chi connectivity index (χ0) is 16.6. The summed E-state index contributed by atoms with van der Waals surface area (Å²) in [4.78, 5) is 20.0. The van der Waals surface area contributed by atoms with Crippen molar-refractivity contribution in [1.29, 1.82) is 0 Å². The monoisotopic (exact) mass is 421 g/mol. The lowest BCUT2D eigenvalue weighted by Gasteiger charge is -2.22. The fourth-order valence-corrected chi connectivity index (χ4v) is 3.98. The van der Waals surface area contributed by atoms with Gasteiger partial charge in [0.1, 0.15) is 9.88 Å². The molecule has 0 spiro atoms. The third-order valence-corrected chi connectivity index (χ3v) is 5.87. The van der Waals surface area contributed by atoms with Crippen LogP contribution >= 0.6 is 47.8 Å². The van der Waals surface area contributed by atoms with E-state index >= 15 is 0 Å². The van der Waals surface area contributed by atoms with Gasteiger partial charge in [-0.3, -0.25) is 4.79 Å². The van der Waals surface area contributed by atoms with Crippen LogP contribution in [0.3, 0.4) is 0 Å². The second-order valence-corrected chi connectivity index (χ2v) is 7.87. The van der Waals surface area contributed by atoms with Crippen LogP contribution in [0.15, 0.2) is 24.3 Å². The predicted octanol–water partition coefficient (Wildman–Crippen LogP) is 4.43. The summed E-state index contributed by atoms with van der Waals surface area (Å²) in [6.45, 7) is 6.12. The first kappa shape index (κ1) is 22.2. The first-order chi connectivity index (χ1) is 10.9. The van der Waals surface area contributed by atoms with Crippen LogP contribution in [0.2, 0.25) is 5.02 Å². The van der Waals surface area contributed by atoms with Crippen LogP contribution in [0.1, 0.15) is 28.7 Å². The molecule has 138 valence electrons. The number of nitrogens with zero attached hydrogens (tertiary/aromatic N) is 2. The summed E-state index contributed by atoms with van der Waals surface area (Å²) < 4.78 is 0. The van der Waals surface area contributed by atoms with Crippen LogP contribution < -0.4 is 5.73 Å². The van der Waals surface area contributed by atoms with Gasteiger partial charge in [-0.2, -0.15) is 0 Å². The molecule has 1 saturated heterocycles. The van der Waals surface area contributed by atoms with Crippen LogP contribution in [0, 0.1) is 12.3 Å². The second-order valence-electron chi connectivity index (χ2n) is 6.43. The Bertz CT molecular complexity index is 735. The van der Waals surface area contributed by atoms with Gasteiger partial charge in [0, 0.05) is 23.7 Å². The summed E-state index contributed by atoms with van der Waals surface area (Å²) >= 11 is 7.37. The van der Waals surface area contributed by atoms with E-state index < -0.39 is 0 Å². The Labute approximate surface area is 169 Å². The van der Waals surface area contributed by atoms with Crippen molar-refractivity contribution >= 4 is 53.7 Å². The minimum Gasteiger partial charge on any atom is -0.337 e. The molecule has 1 aliphatic heterocycles.